The Labute approximate surface area is 94.4 Å². The Morgan fingerprint density at radius 1 is 1.19 bits per heavy atom. The maximum absolute atomic E-state index is 11.4. The van der Waals surface area contributed by atoms with Crippen molar-refractivity contribution in [2.75, 3.05) is 13.6 Å². The molecule has 0 fully saturated rings. The van der Waals surface area contributed by atoms with Gasteiger partial charge in [-0.15, -0.1) is 0 Å². The van der Waals surface area contributed by atoms with Crippen molar-refractivity contribution in [1.29, 1.82) is 0 Å². The van der Waals surface area contributed by atoms with Crippen LogP contribution < -0.4 is 10.6 Å². The van der Waals surface area contributed by atoms with E-state index in [9.17, 15) is 14.4 Å². The first kappa shape index (κ1) is 14.4. The summed E-state index contributed by atoms with van der Waals surface area (Å²) in [6.07, 6.45) is -0.272. The average Bonchev–Trinajstić information content (AvgIpc) is 2.22. The van der Waals surface area contributed by atoms with Crippen LogP contribution in [0, 0.1) is 5.41 Å². The molecule has 0 aliphatic carbocycles. The van der Waals surface area contributed by atoms with Gasteiger partial charge in [0.05, 0.1) is 11.8 Å². The van der Waals surface area contributed by atoms with Gasteiger partial charge in [0.2, 0.25) is 11.8 Å². The van der Waals surface area contributed by atoms with Gasteiger partial charge in [0.15, 0.2) is 0 Å². The molecule has 0 unspecified atom stereocenters. The first-order valence-electron chi connectivity index (χ1n) is 5.00. The van der Waals surface area contributed by atoms with E-state index in [-0.39, 0.29) is 31.2 Å². The summed E-state index contributed by atoms with van der Waals surface area (Å²) >= 11 is 0. The lowest BCUT2D eigenvalue weighted by Crippen LogP contribution is -2.43. The summed E-state index contributed by atoms with van der Waals surface area (Å²) in [4.78, 5) is 32.8. The molecule has 0 spiro atoms. The van der Waals surface area contributed by atoms with E-state index >= 15 is 0 Å². The van der Waals surface area contributed by atoms with Gasteiger partial charge in [0.25, 0.3) is 0 Å². The second-order valence-corrected chi connectivity index (χ2v) is 4.13. The summed E-state index contributed by atoms with van der Waals surface area (Å²) in [5.74, 6) is -1.55. The zero-order chi connectivity index (χ0) is 12.8. The number of carbonyl (C=O) groups excluding carboxylic acids is 2. The number of carboxylic acids is 1. The van der Waals surface area contributed by atoms with Gasteiger partial charge in [-0.05, 0) is 13.8 Å². The lowest BCUT2D eigenvalue weighted by Gasteiger charge is -2.22. The van der Waals surface area contributed by atoms with E-state index in [0.717, 1.165) is 0 Å². The summed E-state index contributed by atoms with van der Waals surface area (Å²) in [6, 6.07) is 0. The van der Waals surface area contributed by atoms with Crippen molar-refractivity contribution in [3.05, 3.63) is 0 Å². The molecule has 6 heteroatoms. The van der Waals surface area contributed by atoms with E-state index in [2.05, 4.69) is 10.6 Å². The molecule has 0 heterocycles. The van der Waals surface area contributed by atoms with Gasteiger partial charge >= 0.3 is 5.97 Å². The van der Waals surface area contributed by atoms with E-state index < -0.39 is 11.4 Å². The molecule has 0 rings (SSSR count). The highest BCUT2D eigenvalue weighted by Gasteiger charge is 2.26. The fourth-order valence-electron chi connectivity index (χ4n) is 1.05. The molecule has 0 bridgehead atoms. The summed E-state index contributed by atoms with van der Waals surface area (Å²) in [5.41, 5.74) is -0.701. The molecular weight excluding hydrogens is 212 g/mol. The Hall–Kier alpha value is -1.59. The third-order valence-electron chi connectivity index (χ3n) is 2.14. The van der Waals surface area contributed by atoms with Crippen molar-refractivity contribution >= 4 is 17.8 Å². The highest BCUT2D eigenvalue weighted by Crippen LogP contribution is 2.13. The molecule has 6 nitrogen and oxygen atoms in total. The summed E-state index contributed by atoms with van der Waals surface area (Å²) in [7, 11) is 1.52. The number of aliphatic carboxylic acids is 1. The van der Waals surface area contributed by atoms with Crippen molar-refractivity contribution < 1.29 is 19.5 Å². The van der Waals surface area contributed by atoms with Crippen LogP contribution >= 0.6 is 0 Å². The van der Waals surface area contributed by atoms with Crippen LogP contribution in [0.4, 0.5) is 0 Å². The van der Waals surface area contributed by atoms with E-state index in [1.807, 2.05) is 0 Å². The molecule has 0 aliphatic rings. The van der Waals surface area contributed by atoms with Gasteiger partial charge in [-0.1, -0.05) is 0 Å². The van der Waals surface area contributed by atoms with Crippen molar-refractivity contribution in [2.45, 2.75) is 26.7 Å². The predicted molar refractivity (Wildman–Crippen MR) is 57.7 cm³/mol. The molecule has 92 valence electrons. The van der Waals surface area contributed by atoms with Gasteiger partial charge in [0, 0.05) is 20.0 Å². The Balaban J connectivity index is 4.00. The molecule has 3 N–H and O–H groups in total. The summed E-state index contributed by atoms with van der Waals surface area (Å²) < 4.78 is 0. The van der Waals surface area contributed by atoms with Gasteiger partial charge in [-0.3, -0.25) is 14.4 Å². The van der Waals surface area contributed by atoms with Gasteiger partial charge in [0.1, 0.15) is 0 Å². The zero-order valence-electron chi connectivity index (χ0n) is 9.79. The molecule has 2 amide bonds. The van der Waals surface area contributed by atoms with E-state index in [1.54, 1.807) is 13.8 Å². The molecule has 0 atom stereocenters. The van der Waals surface area contributed by atoms with Crippen LogP contribution in [0.3, 0.4) is 0 Å². The van der Waals surface area contributed by atoms with Crippen molar-refractivity contribution in [3.63, 3.8) is 0 Å². The van der Waals surface area contributed by atoms with E-state index in [0.29, 0.717) is 0 Å². The molecule has 0 aromatic rings. The van der Waals surface area contributed by atoms with E-state index in [4.69, 9.17) is 5.11 Å². The third kappa shape index (κ3) is 5.33. The zero-order valence-corrected chi connectivity index (χ0v) is 9.79. The largest absolute Gasteiger partial charge is 0.481 e. The Bertz CT molecular complexity index is 287. The molecule has 0 saturated carbocycles. The first-order chi connectivity index (χ1) is 7.29. The molecule has 0 radical (unpaired) electrons. The maximum atomic E-state index is 11.4. The third-order valence-corrected chi connectivity index (χ3v) is 2.14. The van der Waals surface area contributed by atoms with Gasteiger partial charge in [-0.25, -0.2) is 0 Å². The number of carbonyl (C=O) groups is 3. The smallest absolute Gasteiger partial charge is 0.303 e. The predicted octanol–water partition coefficient (Wildman–Crippen LogP) is -0.260. The van der Waals surface area contributed by atoms with Crippen LogP contribution in [0.25, 0.3) is 0 Å². The maximum Gasteiger partial charge on any atom is 0.303 e. The average molecular weight is 230 g/mol. The Morgan fingerprint density at radius 2 is 1.75 bits per heavy atom. The Kier molecular flexibility index (Phi) is 5.49. The second-order valence-electron chi connectivity index (χ2n) is 4.13. The number of nitrogens with one attached hydrogen (secondary N) is 2. The molecule has 0 saturated heterocycles. The lowest BCUT2D eigenvalue weighted by atomic mass is 9.92. The SMILES string of the molecule is CNC(=O)C(C)(C)CNC(=O)CCC(=O)O. The van der Waals surface area contributed by atoms with Gasteiger partial charge < -0.3 is 15.7 Å². The number of amides is 2. The minimum Gasteiger partial charge on any atom is -0.481 e. The minimum atomic E-state index is -1.01. The molecule has 0 aliphatic heterocycles. The number of carboxylic acid groups (broad SMARTS) is 1. The van der Waals surface area contributed by atoms with Crippen LogP contribution in [-0.2, 0) is 14.4 Å². The standard InChI is InChI=1S/C10H18N2O4/c1-10(2,9(16)11-3)6-12-7(13)4-5-8(14)15/h4-6H2,1-3H3,(H,11,16)(H,12,13)(H,14,15). The van der Waals surface area contributed by atoms with Crippen molar-refractivity contribution in [2.24, 2.45) is 5.41 Å². The fourth-order valence-corrected chi connectivity index (χ4v) is 1.05. The summed E-state index contributed by atoms with van der Waals surface area (Å²) in [5, 5.41) is 13.4. The minimum absolute atomic E-state index is 0.0703. The van der Waals surface area contributed by atoms with Crippen molar-refractivity contribution in [1.82, 2.24) is 10.6 Å². The normalized spacial score (nSPS) is 10.7. The molecular formula is C10H18N2O4. The molecule has 0 aromatic heterocycles. The van der Waals surface area contributed by atoms with E-state index in [1.165, 1.54) is 7.05 Å². The lowest BCUT2D eigenvalue weighted by molar-refractivity contribution is -0.139. The van der Waals surface area contributed by atoms with Crippen LogP contribution in [0.2, 0.25) is 0 Å². The topological polar surface area (TPSA) is 95.5 Å². The van der Waals surface area contributed by atoms with Crippen molar-refractivity contribution in [3.8, 4) is 0 Å². The van der Waals surface area contributed by atoms with Gasteiger partial charge in [-0.2, -0.15) is 0 Å². The highest BCUT2D eigenvalue weighted by molar-refractivity contribution is 5.84. The summed E-state index contributed by atoms with van der Waals surface area (Å²) in [6.45, 7) is 3.58. The Morgan fingerprint density at radius 3 is 2.19 bits per heavy atom. The monoisotopic (exact) mass is 230 g/mol. The number of hydrogen-bond acceptors (Lipinski definition) is 3. The van der Waals surface area contributed by atoms with Crippen LogP contribution in [-0.4, -0.2) is 36.5 Å². The second kappa shape index (κ2) is 6.09. The van der Waals surface area contributed by atoms with Crippen LogP contribution in [0.5, 0.6) is 0 Å². The number of rotatable bonds is 6. The van der Waals surface area contributed by atoms with Crippen LogP contribution in [0.15, 0.2) is 0 Å². The highest BCUT2D eigenvalue weighted by atomic mass is 16.4. The fraction of sp³-hybridized carbons (Fsp3) is 0.700. The quantitative estimate of drug-likeness (QED) is 0.585. The van der Waals surface area contributed by atoms with Crippen LogP contribution in [0.1, 0.15) is 26.7 Å². The molecule has 16 heavy (non-hydrogen) atoms. The number of hydrogen-bond donors (Lipinski definition) is 3. The molecule has 0 aromatic carbocycles. The first-order valence-corrected chi connectivity index (χ1v) is 5.00.